The summed E-state index contributed by atoms with van der Waals surface area (Å²) in [6.07, 6.45) is 1.21. The Hall–Kier alpha value is -0.410. The van der Waals surface area contributed by atoms with E-state index in [4.69, 9.17) is 11.6 Å². The van der Waals surface area contributed by atoms with Gasteiger partial charge in [-0.1, -0.05) is 25.4 Å². The van der Waals surface area contributed by atoms with E-state index in [2.05, 4.69) is 24.1 Å². The molecular formula is C13H19ClN2S. The highest BCUT2D eigenvalue weighted by molar-refractivity contribution is 7.99. The van der Waals surface area contributed by atoms with Gasteiger partial charge in [-0.15, -0.1) is 0 Å². The number of rotatable bonds is 2. The Morgan fingerprint density at radius 1 is 1.47 bits per heavy atom. The summed E-state index contributed by atoms with van der Waals surface area (Å²) < 4.78 is 0. The molecule has 1 unspecified atom stereocenters. The summed E-state index contributed by atoms with van der Waals surface area (Å²) in [6, 6.07) is 4.40. The van der Waals surface area contributed by atoms with Crippen molar-refractivity contribution in [3.63, 3.8) is 0 Å². The van der Waals surface area contributed by atoms with E-state index >= 15 is 0 Å². The maximum Gasteiger partial charge on any atom is 0.129 e. The molecule has 1 aliphatic rings. The van der Waals surface area contributed by atoms with E-state index in [-0.39, 0.29) is 0 Å². The molecule has 0 spiro atoms. The van der Waals surface area contributed by atoms with Crippen molar-refractivity contribution in [2.75, 3.05) is 16.8 Å². The van der Waals surface area contributed by atoms with E-state index in [1.807, 2.05) is 30.8 Å². The van der Waals surface area contributed by atoms with Crippen LogP contribution in [0.4, 0.5) is 5.69 Å². The van der Waals surface area contributed by atoms with Crippen LogP contribution in [0, 0.1) is 12.3 Å². The first-order valence-corrected chi connectivity index (χ1v) is 7.47. The minimum absolute atomic E-state index is 0.425. The van der Waals surface area contributed by atoms with Gasteiger partial charge in [0, 0.05) is 11.8 Å². The Kier molecular flexibility index (Phi) is 3.88. The van der Waals surface area contributed by atoms with Gasteiger partial charge in [-0.25, -0.2) is 4.98 Å². The predicted molar refractivity (Wildman–Crippen MR) is 77.1 cm³/mol. The largest absolute Gasteiger partial charge is 0.380 e. The van der Waals surface area contributed by atoms with Gasteiger partial charge in [-0.2, -0.15) is 11.8 Å². The van der Waals surface area contributed by atoms with Crippen LogP contribution in [0.15, 0.2) is 12.1 Å². The summed E-state index contributed by atoms with van der Waals surface area (Å²) in [7, 11) is 0. The highest BCUT2D eigenvalue weighted by Crippen LogP contribution is 2.35. The molecule has 1 N–H and O–H groups in total. The predicted octanol–water partition coefficient (Wildman–Crippen LogP) is 3.99. The van der Waals surface area contributed by atoms with Crippen LogP contribution in [0.25, 0.3) is 0 Å². The summed E-state index contributed by atoms with van der Waals surface area (Å²) in [5, 5.41) is 4.15. The first kappa shape index (κ1) is 13.0. The fourth-order valence-corrected chi connectivity index (χ4v) is 3.72. The van der Waals surface area contributed by atoms with Crippen LogP contribution in [0.1, 0.15) is 26.0 Å². The lowest BCUT2D eigenvalue weighted by molar-refractivity contribution is 0.358. The van der Waals surface area contributed by atoms with Gasteiger partial charge in [-0.05, 0) is 36.6 Å². The maximum absolute atomic E-state index is 5.86. The molecule has 2 rings (SSSR count). The fraction of sp³-hybridized carbons (Fsp3) is 0.615. The van der Waals surface area contributed by atoms with Gasteiger partial charge in [0.2, 0.25) is 0 Å². The lowest BCUT2D eigenvalue weighted by Gasteiger charge is -2.35. The molecule has 1 aromatic rings. The minimum atomic E-state index is 0.425. The van der Waals surface area contributed by atoms with Crippen molar-refractivity contribution >= 4 is 29.1 Å². The highest BCUT2D eigenvalue weighted by Gasteiger charge is 2.28. The first-order chi connectivity index (χ1) is 7.96. The molecule has 0 bridgehead atoms. The quantitative estimate of drug-likeness (QED) is 0.823. The molecule has 0 amide bonds. The minimum Gasteiger partial charge on any atom is -0.380 e. The van der Waals surface area contributed by atoms with Gasteiger partial charge in [-0.3, -0.25) is 0 Å². The Balaban J connectivity index is 2.05. The second-order valence-corrected chi connectivity index (χ2v) is 6.91. The van der Waals surface area contributed by atoms with Crippen molar-refractivity contribution in [2.24, 2.45) is 5.41 Å². The summed E-state index contributed by atoms with van der Waals surface area (Å²) >= 11 is 7.89. The van der Waals surface area contributed by atoms with Crippen molar-refractivity contribution in [2.45, 2.75) is 33.2 Å². The lowest BCUT2D eigenvalue weighted by atomic mass is 9.88. The van der Waals surface area contributed by atoms with E-state index in [0.717, 1.165) is 11.4 Å². The monoisotopic (exact) mass is 270 g/mol. The van der Waals surface area contributed by atoms with E-state index in [1.54, 1.807) is 0 Å². The third kappa shape index (κ3) is 3.52. The zero-order valence-corrected chi connectivity index (χ0v) is 12.2. The molecule has 1 aliphatic heterocycles. The molecule has 2 nitrogen and oxygen atoms in total. The van der Waals surface area contributed by atoms with Crippen LogP contribution in [0.5, 0.6) is 0 Å². The number of aryl methyl sites for hydroxylation is 1. The molecule has 1 atom stereocenters. The van der Waals surface area contributed by atoms with Crippen LogP contribution in [0.3, 0.4) is 0 Å². The molecule has 0 aliphatic carbocycles. The summed E-state index contributed by atoms with van der Waals surface area (Å²) in [4.78, 5) is 4.27. The summed E-state index contributed by atoms with van der Waals surface area (Å²) in [6.45, 7) is 6.66. The first-order valence-electron chi connectivity index (χ1n) is 5.94. The number of thioether (sulfide) groups is 1. The average molecular weight is 271 g/mol. The Morgan fingerprint density at radius 3 is 2.88 bits per heavy atom. The zero-order valence-electron chi connectivity index (χ0n) is 10.6. The van der Waals surface area contributed by atoms with Crippen LogP contribution in [0.2, 0.25) is 5.15 Å². The molecule has 0 aromatic carbocycles. The number of aromatic nitrogens is 1. The van der Waals surface area contributed by atoms with Crippen molar-refractivity contribution in [1.29, 1.82) is 0 Å². The van der Waals surface area contributed by atoms with E-state index < -0.39 is 0 Å². The number of nitrogens with zero attached hydrogens (tertiary/aromatic N) is 1. The van der Waals surface area contributed by atoms with Crippen LogP contribution < -0.4 is 5.32 Å². The van der Waals surface area contributed by atoms with Crippen molar-refractivity contribution in [3.8, 4) is 0 Å². The second kappa shape index (κ2) is 5.07. The molecule has 1 saturated heterocycles. The summed E-state index contributed by atoms with van der Waals surface area (Å²) in [5.41, 5.74) is 2.51. The van der Waals surface area contributed by atoms with Crippen molar-refractivity contribution in [3.05, 3.63) is 23.0 Å². The Bertz CT molecular complexity index is 406. The van der Waals surface area contributed by atoms with Crippen molar-refractivity contribution < 1.29 is 0 Å². The molecule has 0 radical (unpaired) electrons. The van der Waals surface area contributed by atoms with Crippen molar-refractivity contribution in [1.82, 2.24) is 4.98 Å². The van der Waals surface area contributed by atoms with E-state index in [1.165, 1.54) is 17.9 Å². The van der Waals surface area contributed by atoms with E-state index in [9.17, 15) is 0 Å². The second-order valence-electron chi connectivity index (χ2n) is 5.49. The molecule has 1 fully saturated rings. The number of anilines is 1. The maximum atomic E-state index is 5.86. The number of hydrogen-bond acceptors (Lipinski definition) is 3. The topological polar surface area (TPSA) is 24.9 Å². The molecule has 94 valence electrons. The number of nitrogens with one attached hydrogen (secondary N) is 1. The van der Waals surface area contributed by atoms with Gasteiger partial charge in [0.25, 0.3) is 0 Å². The lowest BCUT2D eigenvalue weighted by Crippen LogP contribution is -2.35. The molecule has 1 aromatic heterocycles. The number of pyridine rings is 1. The van der Waals surface area contributed by atoms with Gasteiger partial charge in [0.05, 0.1) is 11.4 Å². The Morgan fingerprint density at radius 2 is 2.24 bits per heavy atom. The molecule has 0 saturated carbocycles. The number of hydrogen-bond donors (Lipinski definition) is 1. The van der Waals surface area contributed by atoms with Gasteiger partial charge >= 0.3 is 0 Å². The zero-order chi connectivity index (χ0) is 12.5. The van der Waals surface area contributed by atoms with Crippen LogP contribution in [-0.4, -0.2) is 22.5 Å². The fourth-order valence-electron chi connectivity index (χ4n) is 2.26. The van der Waals surface area contributed by atoms with Gasteiger partial charge < -0.3 is 5.32 Å². The molecule has 4 heteroatoms. The molecule has 17 heavy (non-hydrogen) atoms. The standard InChI is InChI=1S/C13H19ClN2S/c1-9-11(4-5-12(14)15-9)16-10-6-13(2,3)8-17-7-10/h4-5,10,16H,6-8H2,1-3H3. The van der Waals surface area contributed by atoms with Crippen LogP contribution in [-0.2, 0) is 0 Å². The van der Waals surface area contributed by atoms with Crippen LogP contribution >= 0.6 is 23.4 Å². The highest BCUT2D eigenvalue weighted by atomic mass is 35.5. The average Bonchev–Trinajstić information content (AvgIpc) is 2.21. The van der Waals surface area contributed by atoms with Gasteiger partial charge in [0.1, 0.15) is 5.15 Å². The SMILES string of the molecule is Cc1nc(Cl)ccc1NC1CSCC(C)(C)C1. The Labute approximate surface area is 113 Å². The summed E-state index contributed by atoms with van der Waals surface area (Å²) in [5.74, 6) is 2.43. The normalized spacial score (nSPS) is 23.4. The molecular weight excluding hydrogens is 252 g/mol. The van der Waals surface area contributed by atoms with Gasteiger partial charge in [0.15, 0.2) is 0 Å². The third-order valence-corrected chi connectivity index (χ3v) is 4.86. The third-order valence-electron chi connectivity index (χ3n) is 3.02. The smallest absolute Gasteiger partial charge is 0.129 e. The number of halogens is 1. The van der Waals surface area contributed by atoms with E-state index in [0.29, 0.717) is 16.6 Å². The molecule has 2 heterocycles.